The van der Waals surface area contributed by atoms with Crippen LogP contribution in [0, 0.1) is 0 Å². The zero-order chi connectivity index (χ0) is 13.8. The number of hydrogen-bond donors (Lipinski definition) is 2. The Balaban J connectivity index is 2.76. The van der Waals surface area contributed by atoms with E-state index in [9.17, 15) is 16.8 Å². The van der Waals surface area contributed by atoms with E-state index in [0.717, 1.165) is 0 Å². The quantitative estimate of drug-likeness (QED) is 0.783. The van der Waals surface area contributed by atoms with Crippen LogP contribution in [0.5, 0.6) is 0 Å². The summed E-state index contributed by atoms with van der Waals surface area (Å²) in [6.45, 7) is -0.225. The summed E-state index contributed by atoms with van der Waals surface area (Å²) in [5.74, 6) is -0.340. The fraction of sp³-hybridized carbons (Fsp3) is 0.333. The summed E-state index contributed by atoms with van der Waals surface area (Å²) in [4.78, 5) is -0.0754. The zero-order valence-corrected chi connectivity index (χ0v) is 11.9. The van der Waals surface area contributed by atoms with Gasteiger partial charge in [0.15, 0.2) is 0 Å². The van der Waals surface area contributed by atoms with Gasteiger partial charge < -0.3 is 0 Å². The van der Waals surface area contributed by atoms with Crippen LogP contribution in [0.2, 0.25) is 5.02 Å². The third kappa shape index (κ3) is 4.21. The Morgan fingerprint density at radius 1 is 1.17 bits per heavy atom. The maximum Gasteiger partial charge on any atom is 0.242 e. The first-order chi connectivity index (χ1) is 8.28. The van der Waals surface area contributed by atoms with E-state index in [0.29, 0.717) is 0 Å². The van der Waals surface area contributed by atoms with Crippen molar-refractivity contribution in [1.29, 1.82) is 0 Å². The van der Waals surface area contributed by atoms with E-state index in [1.54, 1.807) is 6.07 Å². The summed E-state index contributed by atoms with van der Waals surface area (Å²) < 4.78 is 50.1. The first-order valence-electron chi connectivity index (χ1n) is 4.94. The molecule has 0 aliphatic heterocycles. The molecule has 0 radical (unpaired) electrons. The van der Waals surface area contributed by atoms with Crippen LogP contribution in [0.4, 0.5) is 0 Å². The Morgan fingerprint density at radius 2 is 1.78 bits per heavy atom. The summed E-state index contributed by atoms with van der Waals surface area (Å²) >= 11 is 5.76. The first-order valence-corrected chi connectivity index (χ1v) is 8.45. The van der Waals surface area contributed by atoms with Crippen LogP contribution in [0.1, 0.15) is 0 Å². The van der Waals surface area contributed by atoms with Crippen molar-refractivity contribution in [2.75, 3.05) is 19.3 Å². The molecule has 6 nitrogen and oxygen atoms in total. The largest absolute Gasteiger partial charge is 0.242 e. The van der Waals surface area contributed by atoms with Crippen LogP contribution in [0.3, 0.4) is 0 Å². The minimum atomic E-state index is -3.80. The van der Waals surface area contributed by atoms with Gasteiger partial charge in [-0.25, -0.2) is 26.3 Å². The van der Waals surface area contributed by atoms with E-state index >= 15 is 0 Å². The van der Waals surface area contributed by atoms with Gasteiger partial charge in [0, 0.05) is 6.54 Å². The van der Waals surface area contributed by atoms with Gasteiger partial charge in [-0.2, -0.15) is 0 Å². The highest BCUT2D eigenvalue weighted by atomic mass is 35.5. The molecule has 0 aliphatic carbocycles. The third-order valence-electron chi connectivity index (χ3n) is 2.10. The highest BCUT2D eigenvalue weighted by Crippen LogP contribution is 2.19. The molecule has 102 valence electrons. The van der Waals surface area contributed by atoms with Crippen LogP contribution in [0.25, 0.3) is 0 Å². The second kappa shape index (κ2) is 5.98. The molecule has 0 heterocycles. The maximum atomic E-state index is 11.8. The lowest BCUT2D eigenvalue weighted by molar-refractivity contribution is 0.578. The minimum absolute atomic E-state index is 0.0754. The SMILES string of the molecule is CNS(=O)(=O)CCNS(=O)(=O)c1ccccc1Cl. The molecule has 9 heteroatoms. The summed E-state index contributed by atoms with van der Waals surface area (Å²) in [5, 5.41) is 0.0847. The topological polar surface area (TPSA) is 92.3 Å². The maximum absolute atomic E-state index is 11.8. The van der Waals surface area contributed by atoms with Gasteiger partial charge in [-0.15, -0.1) is 0 Å². The van der Waals surface area contributed by atoms with Crippen LogP contribution in [0.15, 0.2) is 29.2 Å². The number of halogens is 1. The Labute approximate surface area is 111 Å². The van der Waals surface area contributed by atoms with Crippen LogP contribution >= 0.6 is 11.6 Å². The fourth-order valence-corrected chi connectivity index (χ4v) is 3.41. The lowest BCUT2D eigenvalue weighted by Gasteiger charge is -2.08. The van der Waals surface area contributed by atoms with Crippen molar-refractivity contribution in [3.63, 3.8) is 0 Å². The molecule has 0 aliphatic rings. The molecule has 0 saturated heterocycles. The third-order valence-corrected chi connectivity index (χ3v) is 5.42. The molecule has 1 rings (SSSR count). The summed E-state index contributed by atoms with van der Waals surface area (Å²) in [5.41, 5.74) is 0. The predicted molar refractivity (Wildman–Crippen MR) is 69.5 cm³/mol. The number of benzene rings is 1. The van der Waals surface area contributed by atoms with Gasteiger partial charge in [0.2, 0.25) is 20.0 Å². The molecule has 0 fully saturated rings. The lowest BCUT2D eigenvalue weighted by Crippen LogP contribution is -2.33. The summed E-state index contributed by atoms with van der Waals surface area (Å²) in [7, 11) is -5.98. The minimum Gasteiger partial charge on any atom is -0.218 e. The van der Waals surface area contributed by atoms with E-state index < -0.39 is 20.0 Å². The van der Waals surface area contributed by atoms with Gasteiger partial charge in [0.25, 0.3) is 0 Å². The van der Waals surface area contributed by atoms with Gasteiger partial charge in [-0.05, 0) is 19.2 Å². The van der Waals surface area contributed by atoms with Crippen molar-refractivity contribution in [2.24, 2.45) is 0 Å². The number of hydrogen-bond acceptors (Lipinski definition) is 4. The van der Waals surface area contributed by atoms with Crippen molar-refractivity contribution in [2.45, 2.75) is 4.90 Å². The molecule has 0 saturated carbocycles. The number of nitrogens with one attached hydrogen (secondary N) is 2. The predicted octanol–water partition coefficient (Wildman–Crippen LogP) is 0.168. The molecule has 0 unspecified atom stereocenters. The molecule has 0 aromatic heterocycles. The normalized spacial score (nSPS) is 12.6. The number of rotatable bonds is 6. The summed E-state index contributed by atoms with van der Waals surface area (Å²) in [6, 6.07) is 5.93. The van der Waals surface area contributed by atoms with E-state index in [4.69, 9.17) is 11.6 Å². The van der Waals surface area contributed by atoms with Crippen molar-refractivity contribution >= 4 is 31.6 Å². The molecule has 0 spiro atoms. The van der Waals surface area contributed by atoms with Gasteiger partial charge in [0.05, 0.1) is 10.8 Å². The van der Waals surface area contributed by atoms with Crippen LogP contribution in [-0.4, -0.2) is 36.2 Å². The average Bonchev–Trinajstić information content (AvgIpc) is 2.29. The first kappa shape index (κ1) is 15.4. The van der Waals surface area contributed by atoms with Crippen molar-refractivity contribution in [1.82, 2.24) is 9.44 Å². The van der Waals surface area contributed by atoms with Crippen molar-refractivity contribution in [3.05, 3.63) is 29.3 Å². The average molecular weight is 313 g/mol. The van der Waals surface area contributed by atoms with E-state index in [-0.39, 0.29) is 22.2 Å². The standard InChI is InChI=1S/C9H13ClN2O4S2/c1-11-17(13,14)7-6-12-18(15,16)9-5-3-2-4-8(9)10/h2-5,11-12H,6-7H2,1H3. The van der Waals surface area contributed by atoms with Gasteiger partial charge in [0.1, 0.15) is 4.90 Å². The molecule has 2 N–H and O–H groups in total. The number of sulfonamides is 2. The highest BCUT2D eigenvalue weighted by molar-refractivity contribution is 7.90. The Hall–Kier alpha value is -0.670. The molecular weight excluding hydrogens is 300 g/mol. The molecule has 1 aromatic carbocycles. The molecular formula is C9H13ClN2O4S2. The van der Waals surface area contributed by atoms with Crippen molar-refractivity contribution in [3.8, 4) is 0 Å². The Morgan fingerprint density at radius 3 is 2.33 bits per heavy atom. The van der Waals surface area contributed by atoms with Crippen LogP contribution < -0.4 is 9.44 Å². The van der Waals surface area contributed by atoms with E-state index in [1.807, 2.05) is 0 Å². The zero-order valence-electron chi connectivity index (χ0n) is 9.55. The molecule has 18 heavy (non-hydrogen) atoms. The fourth-order valence-electron chi connectivity index (χ4n) is 1.15. The highest BCUT2D eigenvalue weighted by Gasteiger charge is 2.17. The Bertz CT molecular complexity index is 613. The van der Waals surface area contributed by atoms with Crippen LogP contribution in [-0.2, 0) is 20.0 Å². The molecule has 1 aromatic rings. The lowest BCUT2D eigenvalue weighted by atomic mass is 10.4. The van der Waals surface area contributed by atoms with Gasteiger partial charge in [-0.3, -0.25) is 0 Å². The summed E-state index contributed by atoms with van der Waals surface area (Å²) in [6.07, 6.45) is 0. The monoisotopic (exact) mass is 312 g/mol. The van der Waals surface area contributed by atoms with E-state index in [1.165, 1.54) is 25.2 Å². The molecule has 0 atom stereocenters. The van der Waals surface area contributed by atoms with Gasteiger partial charge in [-0.1, -0.05) is 23.7 Å². The van der Waals surface area contributed by atoms with Crippen molar-refractivity contribution < 1.29 is 16.8 Å². The second-order valence-electron chi connectivity index (χ2n) is 3.35. The molecule has 0 amide bonds. The van der Waals surface area contributed by atoms with E-state index in [2.05, 4.69) is 9.44 Å². The smallest absolute Gasteiger partial charge is 0.218 e. The van der Waals surface area contributed by atoms with Gasteiger partial charge >= 0.3 is 0 Å². The molecule has 0 bridgehead atoms. The Kier molecular flexibility index (Phi) is 5.11. The second-order valence-corrected chi connectivity index (χ2v) is 7.54.